The number of nitrogens with one attached hydrogen (secondary N) is 1. The van der Waals surface area contributed by atoms with Crippen molar-refractivity contribution in [1.29, 1.82) is 0 Å². The van der Waals surface area contributed by atoms with Crippen molar-refractivity contribution in [2.24, 2.45) is 7.05 Å². The molecule has 0 aliphatic carbocycles. The van der Waals surface area contributed by atoms with E-state index in [0.717, 1.165) is 25.0 Å². The molecule has 0 atom stereocenters. The first-order chi connectivity index (χ1) is 27.5. The van der Waals surface area contributed by atoms with E-state index >= 15 is 0 Å². The van der Waals surface area contributed by atoms with E-state index in [2.05, 4.69) is 21.9 Å². The zero-order valence-corrected chi connectivity index (χ0v) is 36.8. The Hall–Kier alpha value is -3.29. The van der Waals surface area contributed by atoms with Gasteiger partial charge in [0.05, 0.1) is 22.8 Å². The van der Waals surface area contributed by atoms with Gasteiger partial charge in [-0.3, -0.25) is 14.3 Å². The van der Waals surface area contributed by atoms with E-state index in [1.54, 1.807) is 25.2 Å². The summed E-state index contributed by atoms with van der Waals surface area (Å²) in [5.41, 5.74) is 1.75. The zero-order chi connectivity index (χ0) is 41.5. The zero-order valence-electron chi connectivity index (χ0n) is 36.0. The van der Waals surface area contributed by atoms with Crippen LogP contribution in [0.4, 0.5) is 0 Å². The van der Waals surface area contributed by atoms with Crippen molar-refractivity contribution in [2.45, 2.75) is 167 Å². The highest BCUT2D eigenvalue weighted by molar-refractivity contribution is 7.89. The number of aromatic nitrogens is 4. The van der Waals surface area contributed by atoms with Crippen LogP contribution in [0.3, 0.4) is 0 Å². The minimum absolute atomic E-state index is 0.147. The van der Waals surface area contributed by atoms with Crippen LogP contribution < -0.4 is 10.3 Å². The van der Waals surface area contributed by atoms with E-state index in [4.69, 9.17) is 14.8 Å². The molecule has 0 spiro atoms. The normalized spacial score (nSPS) is 13.8. The minimum atomic E-state index is -3.70. The average molecular weight is 815 g/mol. The maximum atomic E-state index is 13.3. The molecule has 0 amide bonds. The third kappa shape index (κ3) is 16.5. The number of nitrogens with zero attached hydrogens (tertiary/aromatic N) is 5. The number of sulfonamides is 1. The molecule has 0 saturated carbocycles. The van der Waals surface area contributed by atoms with Crippen molar-refractivity contribution in [3.63, 3.8) is 0 Å². The summed E-state index contributed by atoms with van der Waals surface area (Å²) in [7, 11) is -0.00831. The molecule has 13 heteroatoms. The summed E-state index contributed by atoms with van der Waals surface area (Å²) in [5, 5.41) is 13.0. The first-order valence-corrected chi connectivity index (χ1v) is 23.6. The Kier molecular flexibility index (Phi) is 22.5. The summed E-state index contributed by atoms with van der Waals surface area (Å²) < 4.78 is 35.4. The van der Waals surface area contributed by atoms with Crippen molar-refractivity contribution in [3.05, 3.63) is 34.2 Å². The van der Waals surface area contributed by atoms with Crippen molar-refractivity contribution < 1.29 is 23.1 Å². The van der Waals surface area contributed by atoms with Crippen molar-refractivity contribution in [3.8, 4) is 17.1 Å². The number of aliphatic carboxylic acids is 1. The van der Waals surface area contributed by atoms with Gasteiger partial charge in [-0.1, -0.05) is 136 Å². The average Bonchev–Trinajstić information content (AvgIpc) is 3.51. The SMILES string of the molecule is CCCCCCCCCCCCCCCCCCCCCC(=O)O.CCCc1nn(C)c2c(=O)[nH]c(-c3cc(S(=O)(=O)N4CCN(C)CC4)ccc3OCC)nc12. The first-order valence-electron chi connectivity index (χ1n) is 22.2. The van der Waals surface area contributed by atoms with Gasteiger partial charge in [-0.05, 0) is 45.0 Å². The van der Waals surface area contributed by atoms with Crippen LogP contribution in [0.5, 0.6) is 5.75 Å². The minimum Gasteiger partial charge on any atom is -0.493 e. The monoisotopic (exact) mass is 815 g/mol. The lowest BCUT2D eigenvalue weighted by Gasteiger charge is -2.31. The number of carbonyl (C=O) groups is 1. The summed E-state index contributed by atoms with van der Waals surface area (Å²) in [5.74, 6) is 0.0666. The van der Waals surface area contributed by atoms with E-state index in [1.807, 2.05) is 20.9 Å². The van der Waals surface area contributed by atoms with Gasteiger partial charge in [0, 0.05) is 39.6 Å². The van der Waals surface area contributed by atoms with Crippen molar-refractivity contribution in [2.75, 3.05) is 39.8 Å². The summed E-state index contributed by atoms with van der Waals surface area (Å²) in [6.07, 6.45) is 27.6. The molecular weight excluding hydrogens is 741 g/mol. The molecule has 322 valence electrons. The number of hydrogen-bond acceptors (Lipinski definition) is 8. The molecule has 0 bridgehead atoms. The third-order valence-corrected chi connectivity index (χ3v) is 12.7. The van der Waals surface area contributed by atoms with Gasteiger partial charge in [0.15, 0.2) is 5.52 Å². The van der Waals surface area contributed by atoms with Crippen LogP contribution in [0.1, 0.15) is 161 Å². The second-order valence-corrected chi connectivity index (χ2v) is 17.7. The second-order valence-electron chi connectivity index (χ2n) is 15.7. The number of hydrogen-bond donors (Lipinski definition) is 2. The Balaban J connectivity index is 0.000000324. The van der Waals surface area contributed by atoms with Gasteiger partial charge >= 0.3 is 5.97 Å². The van der Waals surface area contributed by atoms with Gasteiger partial charge in [-0.25, -0.2) is 13.4 Å². The van der Waals surface area contributed by atoms with Gasteiger partial charge < -0.3 is 19.7 Å². The lowest BCUT2D eigenvalue weighted by molar-refractivity contribution is -0.137. The first kappa shape index (κ1) is 48.1. The molecule has 1 aliphatic heterocycles. The molecule has 3 aromatic rings. The molecule has 4 rings (SSSR count). The van der Waals surface area contributed by atoms with Crippen molar-refractivity contribution in [1.82, 2.24) is 29.0 Å². The Morgan fingerprint density at radius 2 is 1.30 bits per heavy atom. The predicted octanol–water partition coefficient (Wildman–Crippen LogP) is 9.50. The number of H-pyrrole nitrogens is 1. The number of piperazine rings is 1. The van der Waals surface area contributed by atoms with Crippen molar-refractivity contribution >= 4 is 27.0 Å². The number of aromatic amines is 1. The van der Waals surface area contributed by atoms with E-state index < -0.39 is 16.0 Å². The summed E-state index contributed by atoms with van der Waals surface area (Å²) in [6, 6.07) is 4.71. The van der Waals surface area contributed by atoms with Gasteiger partial charge in [0.2, 0.25) is 10.0 Å². The summed E-state index contributed by atoms with van der Waals surface area (Å²) in [4.78, 5) is 33.0. The van der Waals surface area contributed by atoms with E-state index in [0.29, 0.717) is 68.0 Å². The molecule has 2 aromatic heterocycles. The number of unbranched alkanes of at least 4 members (excludes halogenated alkanes) is 18. The maximum Gasteiger partial charge on any atom is 0.303 e. The standard InChI is InChI=1S/C22H30N6O4S.C22H44O2/c1-5-7-17-19-20(27(4)25-17)22(29)24-21(23-19)16-14-15(8-9-18(16)32-6-2)33(30,31)28-12-10-26(3)11-13-28;1-2-3-4-5-6-7-8-9-10-11-12-13-14-15-16-17-18-19-20-21-22(23)24/h8-9,14H,5-7,10-13H2,1-4H3,(H,23,24,29);2-21H2,1H3,(H,23,24). The molecular formula is C44H74N6O6S. The Morgan fingerprint density at radius 3 is 1.79 bits per heavy atom. The van der Waals surface area contributed by atoms with E-state index in [1.165, 1.54) is 118 Å². The molecule has 1 fully saturated rings. The lowest BCUT2D eigenvalue weighted by atomic mass is 10.0. The Labute approximate surface area is 343 Å². The number of carboxylic acid groups (broad SMARTS) is 1. The molecule has 1 saturated heterocycles. The highest BCUT2D eigenvalue weighted by Crippen LogP contribution is 2.32. The van der Waals surface area contributed by atoms with Crippen LogP contribution in [0.2, 0.25) is 0 Å². The van der Waals surface area contributed by atoms with Crippen LogP contribution in [0.25, 0.3) is 22.4 Å². The molecule has 0 radical (unpaired) electrons. The largest absolute Gasteiger partial charge is 0.493 e. The fraction of sp³-hybridized carbons (Fsp3) is 0.727. The Morgan fingerprint density at radius 1 is 0.772 bits per heavy atom. The van der Waals surface area contributed by atoms with Crippen LogP contribution in [0.15, 0.2) is 27.9 Å². The number of carboxylic acids is 1. The quantitative estimate of drug-likeness (QED) is 0.0718. The van der Waals surface area contributed by atoms with Gasteiger partial charge in [-0.15, -0.1) is 0 Å². The summed E-state index contributed by atoms with van der Waals surface area (Å²) >= 11 is 0. The fourth-order valence-electron chi connectivity index (χ4n) is 7.45. The predicted molar refractivity (Wildman–Crippen MR) is 232 cm³/mol. The van der Waals surface area contributed by atoms with Crippen LogP contribution in [0, 0.1) is 0 Å². The molecule has 1 aromatic carbocycles. The number of rotatable bonds is 27. The number of benzene rings is 1. The number of fused-ring (bicyclic) bond motifs is 1. The number of aryl methyl sites for hydroxylation is 2. The smallest absolute Gasteiger partial charge is 0.303 e. The fourth-order valence-corrected chi connectivity index (χ4v) is 8.90. The highest BCUT2D eigenvalue weighted by atomic mass is 32.2. The van der Waals surface area contributed by atoms with Gasteiger partial charge in [0.1, 0.15) is 17.1 Å². The maximum absolute atomic E-state index is 13.3. The topological polar surface area (TPSA) is 151 Å². The molecule has 3 heterocycles. The number of likely N-dealkylation sites (N-methyl/N-ethyl adjacent to an activating group) is 1. The van der Waals surface area contributed by atoms with E-state index in [9.17, 15) is 18.0 Å². The molecule has 0 unspecified atom stereocenters. The lowest BCUT2D eigenvalue weighted by Crippen LogP contribution is -2.47. The van der Waals surface area contributed by atoms with Crippen LogP contribution in [-0.2, 0) is 28.3 Å². The van der Waals surface area contributed by atoms with Crippen LogP contribution in [-0.4, -0.2) is 88.3 Å². The summed E-state index contributed by atoms with van der Waals surface area (Å²) in [6.45, 7) is 8.76. The highest BCUT2D eigenvalue weighted by Gasteiger charge is 2.29. The van der Waals surface area contributed by atoms with E-state index in [-0.39, 0.29) is 16.3 Å². The molecule has 2 N–H and O–H groups in total. The second kappa shape index (κ2) is 26.7. The van der Waals surface area contributed by atoms with Crippen LogP contribution >= 0.6 is 0 Å². The molecule has 1 aliphatic rings. The number of ether oxygens (including phenoxy) is 1. The molecule has 57 heavy (non-hydrogen) atoms. The van der Waals surface area contributed by atoms with Gasteiger partial charge in [0.25, 0.3) is 5.56 Å². The Bertz CT molecular complexity index is 1770. The third-order valence-electron chi connectivity index (χ3n) is 10.8. The van der Waals surface area contributed by atoms with Gasteiger partial charge in [-0.2, -0.15) is 9.40 Å². The molecule has 12 nitrogen and oxygen atoms in total.